The zero-order valence-electron chi connectivity index (χ0n) is 19.0. The van der Waals surface area contributed by atoms with Gasteiger partial charge in [-0.05, 0) is 81.3 Å². The molecule has 0 saturated heterocycles. The SMILES string of the molecule is CN(C)C(=O)c1ccc(C(=O)N(C2CC2)C2CCC(CCO)(c3ccccn3)CC2)cc1. The Hall–Kier alpha value is -2.73. The van der Waals surface area contributed by atoms with E-state index in [1.165, 1.54) is 4.90 Å². The van der Waals surface area contributed by atoms with E-state index in [0.717, 1.165) is 44.2 Å². The van der Waals surface area contributed by atoms with E-state index in [-0.39, 0.29) is 29.9 Å². The van der Waals surface area contributed by atoms with Gasteiger partial charge < -0.3 is 14.9 Å². The molecule has 0 atom stereocenters. The second-order valence-electron chi connectivity index (χ2n) is 9.42. The van der Waals surface area contributed by atoms with Crippen LogP contribution in [0.3, 0.4) is 0 Å². The molecule has 1 N–H and O–H groups in total. The molecule has 0 spiro atoms. The van der Waals surface area contributed by atoms with E-state index in [0.29, 0.717) is 23.6 Å². The molecule has 2 fully saturated rings. The Balaban J connectivity index is 1.49. The van der Waals surface area contributed by atoms with E-state index >= 15 is 0 Å². The molecule has 1 heterocycles. The molecule has 0 aliphatic heterocycles. The Labute approximate surface area is 190 Å². The van der Waals surface area contributed by atoms with E-state index < -0.39 is 0 Å². The van der Waals surface area contributed by atoms with Crippen LogP contribution in [0.15, 0.2) is 48.7 Å². The van der Waals surface area contributed by atoms with E-state index in [1.54, 1.807) is 38.4 Å². The van der Waals surface area contributed by atoms with Crippen molar-refractivity contribution in [3.8, 4) is 0 Å². The summed E-state index contributed by atoms with van der Waals surface area (Å²) in [7, 11) is 3.45. The van der Waals surface area contributed by atoms with Crippen LogP contribution >= 0.6 is 0 Å². The van der Waals surface area contributed by atoms with Gasteiger partial charge in [0.15, 0.2) is 0 Å². The average molecular weight is 436 g/mol. The van der Waals surface area contributed by atoms with E-state index in [2.05, 4.69) is 16.0 Å². The fourth-order valence-electron chi connectivity index (χ4n) is 5.10. The Morgan fingerprint density at radius 2 is 1.53 bits per heavy atom. The van der Waals surface area contributed by atoms with E-state index in [4.69, 9.17) is 0 Å². The number of nitrogens with zero attached hydrogens (tertiary/aromatic N) is 3. The molecule has 0 unspecified atom stereocenters. The molecule has 170 valence electrons. The first-order valence-corrected chi connectivity index (χ1v) is 11.6. The summed E-state index contributed by atoms with van der Waals surface area (Å²) in [4.78, 5) is 33.9. The second kappa shape index (κ2) is 9.41. The van der Waals surface area contributed by atoms with Crippen molar-refractivity contribution in [2.24, 2.45) is 0 Å². The van der Waals surface area contributed by atoms with E-state index in [9.17, 15) is 14.7 Å². The van der Waals surface area contributed by atoms with Gasteiger partial charge in [0.1, 0.15) is 0 Å². The number of hydrogen-bond acceptors (Lipinski definition) is 4. The maximum Gasteiger partial charge on any atom is 0.254 e. The number of amides is 2. The molecule has 32 heavy (non-hydrogen) atoms. The molecule has 0 radical (unpaired) electrons. The number of carbonyl (C=O) groups is 2. The molecular formula is C26H33N3O3. The average Bonchev–Trinajstić information content (AvgIpc) is 3.66. The predicted octanol–water partition coefficient (Wildman–Crippen LogP) is 3.65. The molecule has 1 aromatic carbocycles. The number of aromatic nitrogens is 1. The minimum atomic E-state index is -0.112. The lowest BCUT2D eigenvalue weighted by molar-refractivity contribution is 0.0548. The zero-order chi connectivity index (χ0) is 22.7. The predicted molar refractivity (Wildman–Crippen MR) is 124 cm³/mol. The largest absolute Gasteiger partial charge is 0.396 e. The summed E-state index contributed by atoms with van der Waals surface area (Å²) in [5, 5.41) is 9.73. The Bertz CT molecular complexity index is 931. The highest BCUT2D eigenvalue weighted by atomic mass is 16.3. The number of aliphatic hydroxyl groups is 1. The third kappa shape index (κ3) is 4.56. The molecule has 2 amide bonds. The minimum Gasteiger partial charge on any atom is -0.396 e. The third-order valence-electron chi connectivity index (χ3n) is 7.06. The van der Waals surface area contributed by atoms with Gasteiger partial charge in [-0.15, -0.1) is 0 Å². The lowest BCUT2D eigenvalue weighted by atomic mass is 9.68. The summed E-state index contributed by atoms with van der Waals surface area (Å²) in [5.41, 5.74) is 2.17. The molecule has 6 nitrogen and oxygen atoms in total. The fraction of sp³-hybridized carbons (Fsp3) is 0.500. The Morgan fingerprint density at radius 3 is 2.03 bits per heavy atom. The summed E-state index contributed by atoms with van der Waals surface area (Å²) in [6, 6.07) is 13.6. The minimum absolute atomic E-state index is 0.0637. The number of rotatable bonds is 7. The smallest absolute Gasteiger partial charge is 0.254 e. The molecule has 2 saturated carbocycles. The van der Waals surface area contributed by atoms with Crippen LogP contribution in [0.25, 0.3) is 0 Å². The summed E-state index contributed by atoms with van der Waals surface area (Å²) in [5.74, 6) is -0.00100. The molecule has 4 rings (SSSR count). The highest BCUT2D eigenvalue weighted by Crippen LogP contribution is 2.44. The zero-order valence-corrected chi connectivity index (χ0v) is 19.0. The van der Waals surface area contributed by atoms with Crippen molar-refractivity contribution in [3.63, 3.8) is 0 Å². The van der Waals surface area contributed by atoms with Gasteiger partial charge in [0.25, 0.3) is 11.8 Å². The lowest BCUT2D eigenvalue weighted by Gasteiger charge is -2.43. The quantitative estimate of drug-likeness (QED) is 0.720. The maximum atomic E-state index is 13.5. The number of pyridine rings is 1. The molecule has 2 aliphatic carbocycles. The molecule has 0 bridgehead atoms. The van der Waals surface area contributed by atoms with Crippen LogP contribution in [0.4, 0.5) is 0 Å². The van der Waals surface area contributed by atoms with Gasteiger partial charge >= 0.3 is 0 Å². The van der Waals surface area contributed by atoms with Gasteiger partial charge in [-0.1, -0.05) is 6.07 Å². The summed E-state index contributed by atoms with van der Waals surface area (Å²) >= 11 is 0. The van der Waals surface area contributed by atoms with Crippen molar-refractivity contribution < 1.29 is 14.7 Å². The van der Waals surface area contributed by atoms with E-state index in [1.807, 2.05) is 18.3 Å². The number of carbonyl (C=O) groups excluding carboxylic acids is 2. The van der Waals surface area contributed by atoms with Crippen LogP contribution in [0.2, 0.25) is 0 Å². The standard InChI is InChI=1S/C26H33N3O3/c1-28(2)24(31)19-6-8-20(9-7-19)25(32)29(21-10-11-21)22-12-14-26(15-13-22,16-18-30)23-5-3-4-17-27-23/h3-9,17,21-22,30H,10-16,18H2,1-2H3. The molecule has 1 aromatic heterocycles. The maximum absolute atomic E-state index is 13.5. The first-order chi connectivity index (χ1) is 15.4. The van der Waals surface area contributed by atoms with Gasteiger partial charge in [-0.2, -0.15) is 0 Å². The molecule has 2 aromatic rings. The highest BCUT2D eigenvalue weighted by molar-refractivity contribution is 5.98. The fourth-order valence-corrected chi connectivity index (χ4v) is 5.10. The first kappa shape index (κ1) is 22.5. The van der Waals surface area contributed by atoms with Crippen LogP contribution in [-0.2, 0) is 5.41 Å². The Morgan fingerprint density at radius 1 is 0.938 bits per heavy atom. The van der Waals surface area contributed by atoms with Gasteiger partial charge in [-0.25, -0.2) is 0 Å². The normalized spacial score (nSPS) is 22.9. The van der Waals surface area contributed by atoms with Crippen LogP contribution in [-0.4, -0.2) is 64.5 Å². The van der Waals surface area contributed by atoms with Crippen molar-refractivity contribution in [2.75, 3.05) is 20.7 Å². The van der Waals surface area contributed by atoms with Crippen molar-refractivity contribution in [3.05, 3.63) is 65.5 Å². The highest BCUT2D eigenvalue weighted by Gasteiger charge is 2.43. The van der Waals surface area contributed by atoms with Crippen LogP contribution in [0.5, 0.6) is 0 Å². The van der Waals surface area contributed by atoms with Gasteiger partial charge in [0.2, 0.25) is 0 Å². The second-order valence-corrected chi connectivity index (χ2v) is 9.42. The van der Waals surface area contributed by atoms with Crippen LogP contribution in [0.1, 0.15) is 71.4 Å². The number of benzene rings is 1. The van der Waals surface area contributed by atoms with Crippen molar-refractivity contribution in [1.29, 1.82) is 0 Å². The van der Waals surface area contributed by atoms with Crippen molar-refractivity contribution in [2.45, 2.75) is 62.4 Å². The third-order valence-corrected chi connectivity index (χ3v) is 7.06. The van der Waals surface area contributed by atoms with Crippen LogP contribution in [0, 0.1) is 0 Å². The molecule has 2 aliphatic rings. The lowest BCUT2D eigenvalue weighted by Crippen LogP contribution is -2.47. The summed E-state index contributed by atoms with van der Waals surface area (Å²) in [6.45, 7) is 0.143. The first-order valence-electron chi connectivity index (χ1n) is 11.6. The topological polar surface area (TPSA) is 73.7 Å². The monoisotopic (exact) mass is 435 g/mol. The number of hydrogen-bond donors (Lipinski definition) is 1. The van der Waals surface area contributed by atoms with Crippen LogP contribution < -0.4 is 0 Å². The van der Waals surface area contributed by atoms with Crippen molar-refractivity contribution >= 4 is 11.8 Å². The number of aliphatic hydroxyl groups excluding tert-OH is 1. The summed E-state index contributed by atoms with van der Waals surface area (Å²) < 4.78 is 0. The van der Waals surface area contributed by atoms with Gasteiger partial charge in [0, 0.05) is 61.2 Å². The van der Waals surface area contributed by atoms with Gasteiger partial charge in [0.05, 0.1) is 0 Å². The summed E-state index contributed by atoms with van der Waals surface area (Å²) in [6.07, 6.45) is 8.31. The Kier molecular flexibility index (Phi) is 6.60. The molecule has 6 heteroatoms. The molecular weight excluding hydrogens is 402 g/mol. The van der Waals surface area contributed by atoms with Crippen molar-refractivity contribution in [1.82, 2.24) is 14.8 Å². The van der Waals surface area contributed by atoms with Gasteiger partial charge in [-0.3, -0.25) is 14.6 Å².